The van der Waals surface area contributed by atoms with Crippen LogP contribution in [0.1, 0.15) is 32.6 Å². The maximum atomic E-state index is 12.0. The fourth-order valence-corrected chi connectivity index (χ4v) is 3.98. The van der Waals surface area contributed by atoms with Crippen LogP contribution in [0.4, 0.5) is 5.95 Å². The van der Waals surface area contributed by atoms with Gasteiger partial charge in [-0.15, -0.1) is 0 Å². The minimum atomic E-state index is 0.187. The van der Waals surface area contributed by atoms with Gasteiger partial charge in [-0.05, 0) is 26.2 Å². The summed E-state index contributed by atoms with van der Waals surface area (Å²) in [6, 6.07) is 0. The van der Waals surface area contributed by atoms with E-state index >= 15 is 0 Å². The predicted octanol–water partition coefficient (Wildman–Crippen LogP) is 1.58. The quantitative estimate of drug-likeness (QED) is 0.910. The first kappa shape index (κ1) is 14.4. The number of amides is 1. The molecule has 2 aliphatic heterocycles. The molecule has 2 aliphatic rings. The molecule has 2 saturated heterocycles. The van der Waals surface area contributed by atoms with Gasteiger partial charge >= 0.3 is 0 Å². The highest BCUT2D eigenvalue weighted by Crippen LogP contribution is 2.39. The predicted molar refractivity (Wildman–Crippen MR) is 87.1 cm³/mol. The SMILES string of the molecule is CCN1C[C@]2(CCCN(c3ncc4[nH]cnc4n3)C2)CCC1=O. The normalized spacial score (nSPS) is 25.5. The molecule has 2 fully saturated rings. The van der Waals surface area contributed by atoms with Gasteiger partial charge < -0.3 is 14.8 Å². The number of carbonyl (C=O) groups is 1. The van der Waals surface area contributed by atoms with Crippen LogP contribution < -0.4 is 4.90 Å². The number of aromatic nitrogens is 4. The Morgan fingerprint density at radius 2 is 2.22 bits per heavy atom. The maximum absolute atomic E-state index is 12.0. The maximum Gasteiger partial charge on any atom is 0.227 e. The van der Waals surface area contributed by atoms with Crippen molar-refractivity contribution in [3.05, 3.63) is 12.5 Å². The number of likely N-dealkylation sites (tertiary alicyclic amines) is 1. The van der Waals surface area contributed by atoms with Crippen molar-refractivity contribution >= 4 is 23.0 Å². The fraction of sp³-hybridized carbons (Fsp3) is 0.625. The van der Waals surface area contributed by atoms with E-state index < -0.39 is 0 Å². The van der Waals surface area contributed by atoms with Crippen LogP contribution >= 0.6 is 0 Å². The lowest BCUT2D eigenvalue weighted by Crippen LogP contribution is -2.54. The highest BCUT2D eigenvalue weighted by Gasteiger charge is 2.41. The van der Waals surface area contributed by atoms with Crippen LogP contribution in [0.5, 0.6) is 0 Å². The fourth-order valence-electron chi connectivity index (χ4n) is 3.98. The van der Waals surface area contributed by atoms with E-state index in [0.717, 1.165) is 50.5 Å². The van der Waals surface area contributed by atoms with Crippen molar-refractivity contribution in [2.45, 2.75) is 32.6 Å². The molecule has 1 spiro atoms. The lowest BCUT2D eigenvalue weighted by molar-refractivity contribution is -0.137. The van der Waals surface area contributed by atoms with Crippen LogP contribution in [0.2, 0.25) is 0 Å². The molecule has 23 heavy (non-hydrogen) atoms. The van der Waals surface area contributed by atoms with Gasteiger partial charge in [-0.1, -0.05) is 0 Å². The average molecular weight is 314 g/mol. The number of rotatable bonds is 2. The molecule has 1 N–H and O–H groups in total. The summed E-state index contributed by atoms with van der Waals surface area (Å²) < 4.78 is 0. The second-order valence-electron chi connectivity index (χ2n) is 6.74. The molecule has 1 amide bonds. The summed E-state index contributed by atoms with van der Waals surface area (Å²) in [5.74, 6) is 1.05. The molecule has 1 atom stereocenters. The molecule has 7 nitrogen and oxygen atoms in total. The topological polar surface area (TPSA) is 78.0 Å². The van der Waals surface area contributed by atoms with Crippen LogP contribution in [0.25, 0.3) is 11.2 Å². The number of carbonyl (C=O) groups excluding carboxylic acids is 1. The Balaban J connectivity index is 1.57. The van der Waals surface area contributed by atoms with Crippen molar-refractivity contribution in [2.24, 2.45) is 5.41 Å². The van der Waals surface area contributed by atoms with Crippen molar-refractivity contribution in [1.82, 2.24) is 24.8 Å². The van der Waals surface area contributed by atoms with Crippen molar-refractivity contribution < 1.29 is 4.79 Å². The zero-order valence-electron chi connectivity index (χ0n) is 13.5. The van der Waals surface area contributed by atoms with Gasteiger partial charge in [0.1, 0.15) is 5.52 Å². The number of piperidine rings is 2. The first-order valence-electron chi connectivity index (χ1n) is 8.38. The molecule has 0 unspecified atom stereocenters. The largest absolute Gasteiger partial charge is 0.342 e. The van der Waals surface area contributed by atoms with Crippen LogP contribution in [0.15, 0.2) is 12.5 Å². The lowest BCUT2D eigenvalue weighted by atomic mass is 9.73. The van der Waals surface area contributed by atoms with E-state index in [4.69, 9.17) is 0 Å². The molecule has 0 saturated carbocycles. The highest BCUT2D eigenvalue weighted by molar-refractivity contribution is 5.77. The summed E-state index contributed by atoms with van der Waals surface area (Å²) in [5, 5.41) is 0. The summed E-state index contributed by atoms with van der Waals surface area (Å²) >= 11 is 0. The summed E-state index contributed by atoms with van der Waals surface area (Å²) in [7, 11) is 0. The van der Waals surface area contributed by atoms with Crippen LogP contribution in [-0.2, 0) is 4.79 Å². The molecule has 7 heteroatoms. The minimum Gasteiger partial charge on any atom is -0.342 e. The molecule has 0 bridgehead atoms. The molecular formula is C16H22N6O. The van der Waals surface area contributed by atoms with E-state index in [1.807, 2.05) is 4.90 Å². The van der Waals surface area contributed by atoms with Gasteiger partial charge in [0.05, 0.1) is 12.5 Å². The molecule has 4 rings (SSSR count). The molecule has 0 radical (unpaired) electrons. The number of aromatic amines is 1. The van der Waals surface area contributed by atoms with Gasteiger partial charge in [0, 0.05) is 38.0 Å². The van der Waals surface area contributed by atoms with E-state index in [2.05, 4.69) is 31.8 Å². The number of H-pyrrole nitrogens is 1. The summed E-state index contributed by atoms with van der Waals surface area (Å²) in [6.07, 6.45) is 7.39. The number of hydrogen-bond donors (Lipinski definition) is 1. The molecular weight excluding hydrogens is 292 g/mol. The van der Waals surface area contributed by atoms with Crippen molar-refractivity contribution in [3.63, 3.8) is 0 Å². The van der Waals surface area contributed by atoms with Gasteiger partial charge in [0.2, 0.25) is 11.9 Å². The third-order valence-electron chi connectivity index (χ3n) is 5.24. The minimum absolute atomic E-state index is 0.187. The second-order valence-corrected chi connectivity index (χ2v) is 6.74. The van der Waals surface area contributed by atoms with E-state index in [1.54, 1.807) is 12.5 Å². The van der Waals surface area contributed by atoms with Crippen LogP contribution in [0, 0.1) is 5.41 Å². The van der Waals surface area contributed by atoms with Crippen LogP contribution in [-0.4, -0.2) is 56.9 Å². The number of fused-ring (bicyclic) bond motifs is 1. The Morgan fingerprint density at radius 3 is 3.09 bits per heavy atom. The van der Waals surface area contributed by atoms with E-state index in [1.165, 1.54) is 6.42 Å². The average Bonchev–Trinajstić information content (AvgIpc) is 3.05. The van der Waals surface area contributed by atoms with Gasteiger partial charge in [-0.25, -0.2) is 9.97 Å². The number of nitrogens with one attached hydrogen (secondary N) is 1. The van der Waals surface area contributed by atoms with Gasteiger partial charge in [-0.3, -0.25) is 4.79 Å². The Kier molecular flexibility index (Phi) is 3.43. The number of nitrogens with zero attached hydrogens (tertiary/aromatic N) is 5. The first-order chi connectivity index (χ1) is 11.2. The number of hydrogen-bond acceptors (Lipinski definition) is 5. The van der Waals surface area contributed by atoms with Crippen LogP contribution in [0.3, 0.4) is 0 Å². The standard InChI is InChI=1S/C16H22N6O/c1-2-21-9-16(6-4-13(21)23)5-3-7-22(10-16)15-17-8-12-14(20-15)19-11-18-12/h8,11H,2-7,9-10H2,1H3,(H,17,18,19,20)/t16-/m0/s1. The zero-order valence-corrected chi connectivity index (χ0v) is 13.5. The van der Waals surface area contributed by atoms with Crippen molar-refractivity contribution in [1.29, 1.82) is 0 Å². The third-order valence-corrected chi connectivity index (χ3v) is 5.24. The Labute approximate surface area is 135 Å². The summed E-state index contributed by atoms with van der Waals surface area (Å²) in [6.45, 7) is 5.62. The number of anilines is 1. The summed E-state index contributed by atoms with van der Waals surface area (Å²) in [5.41, 5.74) is 1.76. The monoisotopic (exact) mass is 314 g/mol. The second kappa shape index (κ2) is 5.47. The molecule has 2 aromatic heterocycles. The number of imidazole rings is 1. The van der Waals surface area contributed by atoms with Crippen molar-refractivity contribution in [3.8, 4) is 0 Å². The zero-order chi connectivity index (χ0) is 15.9. The smallest absolute Gasteiger partial charge is 0.227 e. The Hall–Kier alpha value is -2.18. The Morgan fingerprint density at radius 1 is 1.30 bits per heavy atom. The highest BCUT2D eigenvalue weighted by atomic mass is 16.2. The first-order valence-corrected chi connectivity index (χ1v) is 8.38. The van der Waals surface area contributed by atoms with Gasteiger partial charge in [0.15, 0.2) is 5.65 Å². The molecule has 2 aromatic rings. The summed E-state index contributed by atoms with van der Waals surface area (Å²) in [4.78, 5) is 32.6. The van der Waals surface area contributed by atoms with Gasteiger partial charge in [-0.2, -0.15) is 4.98 Å². The van der Waals surface area contributed by atoms with E-state index in [9.17, 15) is 4.79 Å². The van der Waals surface area contributed by atoms with Gasteiger partial charge in [0.25, 0.3) is 0 Å². The third kappa shape index (κ3) is 2.54. The molecule has 0 aliphatic carbocycles. The van der Waals surface area contributed by atoms with E-state index in [0.29, 0.717) is 18.0 Å². The molecule has 122 valence electrons. The Bertz CT molecular complexity index is 728. The lowest BCUT2D eigenvalue weighted by Gasteiger charge is -2.48. The van der Waals surface area contributed by atoms with Crippen molar-refractivity contribution in [2.75, 3.05) is 31.1 Å². The molecule has 4 heterocycles. The van der Waals surface area contributed by atoms with E-state index in [-0.39, 0.29) is 5.41 Å². The molecule has 0 aromatic carbocycles.